The van der Waals surface area contributed by atoms with Crippen LogP contribution in [0.3, 0.4) is 0 Å². The predicted molar refractivity (Wildman–Crippen MR) is 114 cm³/mol. The lowest BCUT2D eigenvalue weighted by molar-refractivity contribution is -0.137. The van der Waals surface area contributed by atoms with Gasteiger partial charge in [-0.15, -0.1) is 5.10 Å². The SMILES string of the molecule is CC(c1ncn(-c2ncccn2)n1)N(CC1CC1)C(=O)c1cc(C(F)(F)F)cc(S(C)(=O)=O)c1. The van der Waals surface area contributed by atoms with Gasteiger partial charge in [0.25, 0.3) is 11.9 Å². The molecule has 0 N–H and O–H groups in total. The van der Waals surface area contributed by atoms with Crippen molar-refractivity contribution in [3.05, 3.63) is 59.9 Å². The highest BCUT2D eigenvalue weighted by molar-refractivity contribution is 7.90. The number of amides is 1. The molecule has 1 aliphatic carbocycles. The van der Waals surface area contributed by atoms with Gasteiger partial charge in [0, 0.05) is 30.8 Å². The topological polar surface area (TPSA) is 111 Å². The molecule has 3 aromatic rings. The van der Waals surface area contributed by atoms with Crippen molar-refractivity contribution >= 4 is 15.7 Å². The van der Waals surface area contributed by atoms with Gasteiger partial charge < -0.3 is 4.90 Å². The Kier molecular flexibility index (Phi) is 6.14. The Morgan fingerprint density at radius 2 is 1.85 bits per heavy atom. The molecule has 1 aromatic carbocycles. The first kappa shape index (κ1) is 23.8. The maximum atomic E-state index is 13.5. The molecule has 2 heterocycles. The minimum absolute atomic E-state index is 0.200. The summed E-state index contributed by atoms with van der Waals surface area (Å²) in [7, 11) is -3.99. The van der Waals surface area contributed by atoms with Gasteiger partial charge in [-0.2, -0.15) is 17.9 Å². The van der Waals surface area contributed by atoms with E-state index >= 15 is 0 Å². The van der Waals surface area contributed by atoms with E-state index in [0.717, 1.165) is 25.2 Å². The zero-order valence-corrected chi connectivity index (χ0v) is 19.1. The van der Waals surface area contributed by atoms with E-state index < -0.39 is 38.4 Å². The minimum atomic E-state index is -4.82. The third-order valence-electron chi connectivity index (χ3n) is 5.43. The van der Waals surface area contributed by atoms with E-state index in [1.807, 2.05) is 0 Å². The molecule has 1 fully saturated rings. The van der Waals surface area contributed by atoms with E-state index in [4.69, 9.17) is 0 Å². The van der Waals surface area contributed by atoms with Gasteiger partial charge >= 0.3 is 6.18 Å². The predicted octanol–water partition coefficient (Wildman–Crippen LogP) is 3.09. The molecule has 1 saturated carbocycles. The van der Waals surface area contributed by atoms with Crippen molar-refractivity contribution in [1.82, 2.24) is 29.6 Å². The fourth-order valence-corrected chi connectivity index (χ4v) is 4.06. The van der Waals surface area contributed by atoms with E-state index in [0.29, 0.717) is 12.1 Å². The van der Waals surface area contributed by atoms with Crippen molar-refractivity contribution in [1.29, 1.82) is 0 Å². The van der Waals surface area contributed by atoms with Crippen molar-refractivity contribution in [2.24, 2.45) is 5.92 Å². The first-order valence-electron chi connectivity index (χ1n) is 10.4. The summed E-state index contributed by atoms with van der Waals surface area (Å²) in [5.41, 5.74) is -1.57. The van der Waals surface area contributed by atoms with Gasteiger partial charge in [-0.3, -0.25) is 4.79 Å². The van der Waals surface area contributed by atoms with Crippen LogP contribution >= 0.6 is 0 Å². The van der Waals surface area contributed by atoms with Crippen LogP contribution in [0, 0.1) is 5.92 Å². The molecule has 34 heavy (non-hydrogen) atoms. The number of hydrogen-bond acceptors (Lipinski definition) is 7. The van der Waals surface area contributed by atoms with Gasteiger partial charge in [-0.25, -0.2) is 23.4 Å². The van der Waals surface area contributed by atoms with E-state index in [2.05, 4.69) is 20.1 Å². The van der Waals surface area contributed by atoms with Gasteiger partial charge in [0.2, 0.25) is 0 Å². The first-order chi connectivity index (χ1) is 15.9. The van der Waals surface area contributed by atoms with Crippen LogP contribution in [-0.4, -0.2) is 56.8 Å². The Morgan fingerprint density at radius 3 is 2.44 bits per heavy atom. The largest absolute Gasteiger partial charge is 0.416 e. The number of nitrogens with zero attached hydrogens (tertiary/aromatic N) is 6. The summed E-state index contributed by atoms with van der Waals surface area (Å²) in [6.07, 6.45) is 2.18. The van der Waals surface area contributed by atoms with Gasteiger partial charge in [0.15, 0.2) is 15.7 Å². The highest BCUT2D eigenvalue weighted by Crippen LogP contribution is 2.35. The van der Waals surface area contributed by atoms with Gasteiger partial charge in [0.1, 0.15) is 6.33 Å². The van der Waals surface area contributed by atoms with E-state index in [9.17, 15) is 26.4 Å². The van der Waals surface area contributed by atoms with Crippen molar-refractivity contribution in [2.45, 2.75) is 36.9 Å². The number of carbonyl (C=O) groups is 1. The molecular weight excluding hydrogens is 473 g/mol. The monoisotopic (exact) mass is 494 g/mol. The highest BCUT2D eigenvalue weighted by atomic mass is 32.2. The standard InChI is InChI=1S/C21H21F3N6O3S/c1-13(18-27-12-30(28-18)20-25-6-3-7-26-20)29(11-14-4-5-14)19(31)15-8-16(21(22,23)24)10-17(9-15)34(2,32)33/h3,6-10,12-14H,4-5,11H2,1-2H3. The maximum Gasteiger partial charge on any atom is 0.416 e. The summed E-state index contributed by atoms with van der Waals surface area (Å²) >= 11 is 0. The van der Waals surface area contributed by atoms with Gasteiger partial charge in [0.05, 0.1) is 16.5 Å². The molecule has 1 unspecified atom stereocenters. The van der Waals surface area contributed by atoms with Crippen LogP contribution < -0.4 is 0 Å². The fraction of sp³-hybridized carbons (Fsp3) is 0.381. The summed E-state index contributed by atoms with van der Waals surface area (Å²) in [5, 5.41) is 4.33. The van der Waals surface area contributed by atoms with Crippen molar-refractivity contribution < 1.29 is 26.4 Å². The van der Waals surface area contributed by atoms with Crippen molar-refractivity contribution in [3.63, 3.8) is 0 Å². The summed E-state index contributed by atoms with van der Waals surface area (Å²) in [5.74, 6) is -0.0187. The van der Waals surface area contributed by atoms with Crippen LogP contribution in [0.25, 0.3) is 5.95 Å². The summed E-state index contributed by atoms with van der Waals surface area (Å²) in [6, 6.07) is 3.12. The number of rotatable bonds is 7. The Hall–Kier alpha value is -3.35. The quantitative estimate of drug-likeness (QED) is 0.496. The number of benzene rings is 1. The molecule has 0 aliphatic heterocycles. The number of sulfone groups is 1. The minimum Gasteiger partial charge on any atom is -0.328 e. The summed E-state index contributed by atoms with van der Waals surface area (Å²) in [4.78, 5) is 26.6. The highest BCUT2D eigenvalue weighted by Gasteiger charge is 2.36. The second-order valence-electron chi connectivity index (χ2n) is 8.19. The molecule has 180 valence electrons. The Morgan fingerprint density at radius 1 is 1.18 bits per heavy atom. The Labute approximate surface area is 193 Å². The zero-order valence-electron chi connectivity index (χ0n) is 18.3. The Balaban J connectivity index is 1.71. The smallest absolute Gasteiger partial charge is 0.328 e. The van der Waals surface area contributed by atoms with Crippen molar-refractivity contribution in [3.8, 4) is 5.95 Å². The van der Waals surface area contributed by atoms with Gasteiger partial charge in [-0.05, 0) is 49.9 Å². The molecule has 0 bridgehead atoms. The maximum absolute atomic E-state index is 13.5. The van der Waals surface area contributed by atoms with Gasteiger partial charge in [-0.1, -0.05) is 0 Å². The number of carbonyl (C=O) groups excluding carboxylic acids is 1. The normalized spacial score (nSPS) is 15.2. The number of hydrogen-bond donors (Lipinski definition) is 0. The Bertz CT molecular complexity index is 1310. The molecule has 4 rings (SSSR count). The third-order valence-corrected chi connectivity index (χ3v) is 6.52. The average Bonchev–Trinajstić information content (AvgIpc) is 3.48. The molecule has 0 radical (unpaired) electrons. The molecular formula is C21H21F3N6O3S. The first-order valence-corrected chi connectivity index (χ1v) is 12.2. The lowest BCUT2D eigenvalue weighted by atomic mass is 10.1. The lowest BCUT2D eigenvalue weighted by Gasteiger charge is -2.28. The van der Waals surface area contributed by atoms with E-state index in [1.54, 1.807) is 13.0 Å². The third kappa shape index (κ3) is 5.24. The molecule has 0 saturated heterocycles. The summed E-state index contributed by atoms with van der Waals surface area (Å²) in [6.45, 7) is 1.94. The van der Waals surface area contributed by atoms with Crippen LogP contribution in [0.1, 0.15) is 47.6 Å². The molecule has 1 atom stereocenters. The van der Waals surface area contributed by atoms with Crippen LogP contribution in [0.4, 0.5) is 13.2 Å². The lowest BCUT2D eigenvalue weighted by Crippen LogP contribution is -2.36. The van der Waals surface area contributed by atoms with Crippen LogP contribution in [0.5, 0.6) is 0 Å². The number of halogens is 3. The number of aromatic nitrogens is 5. The molecule has 2 aromatic heterocycles. The number of alkyl halides is 3. The van der Waals surface area contributed by atoms with Crippen LogP contribution in [0.15, 0.2) is 47.9 Å². The van der Waals surface area contributed by atoms with Crippen molar-refractivity contribution in [2.75, 3.05) is 12.8 Å². The zero-order chi connectivity index (χ0) is 24.7. The second-order valence-corrected chi connectivity index (χ2v) is 10.2. The summed E-state index contributed by atoms with van der Waals surface area (Å²) < 4.78 is 65.7. The van der Waals surface area contributed by atoms with E-state index in [1.165, 1.54) is 28.3 Å². The molecule has 1 aliphatic rings. The van der Waals surface area contributed by atoms with Crippen LogP contribution in [0.2, 0.25) is 0 Å². The molecule has 13 heteroatoms. The molecule has 9 nitrogen and oxygen atoms in total. The van der Waals surface area contributed by atoms with E-state index in [-0.39, 0.29) is 29.8 Å². The fourth-order valence-electron chi connectivity index (χ4n) is 3.37. The van der Waals surface area contributed by atoms with Crippen LogP contribution in [-0.2, 0) is 16.0 Å². The average molecular weight is 494 g/mol. The second kappa shape index (κ2) is 8.78. The molecule has 0 spiro atoms. The molecule has 1 amide bonds.